The Bertz CT molecular complexity index is 98.4. The van der Waals surface area contributed by atoms with Crippen LogP contribution in [0, 0.1) is 10.2 Å². The molecule has 0 unspecified atom stereocenters. The predicted octanol–water partition coefficient (Wildman–Crippen LogP) is -8.00. The van der Waals surface area contributed by atoms with Gasteiger partial charge in [0.25, 0.3) is 0 Å². The van der Waals surface area contributed by atoms with Crippen LogP contribution in [-0.2, 0) is 4.79 Å². The summed E-state index contributed by atoms with van der Waals surface area (Å²) in [6.07, 6.45) is 0. The Morgan fingerprint density at radius 2 is 1.36 bits per heavy atom. The zero-order valence-electron chi connectivity index (χ0n) is 6.42. The molecule has 62 valence electrons. The van der Waals surface area contributed by atoms with Crippen LogP contribution in [0.2, 0.25) is 0 Å². The fourth-order valence-corrected chi connectivity index (χ4v) is 0. The molecule has 0 aromatic rings. The average molecular weight is 179 g/mol. The smallest absolute Gasteiger partial charge is 0.359 e. The molecule has 8 heteroatoms. The van der Waals surface area contributed by atoms with Crippen molar-refractivity contribution in [1.29, 1.82) is 0 Å². The molecule has 0 radical (unpaired) electrons. The summed E-state index contributed by atoms with van der Waals surface area (Å²) >= 11 is 0. The third-order valence-electron chi connectivity index (χ3n) is 0.352. The molecule has 0 bridgehead atoms. The molecule has 0 atom stereocenters. The molecule has 0 aliphatic rings. The first-order valence-corrected chi connectivity index (χ1v) is 3.31. The Morgan fingerprint density at radius 3 is 1.36 bits per heavy atom. The first kappa shape index (κ1) is 17.3. The summed E-state index contributed by atoms with van der Waals surface area (Å²) in [5, 5.41) is 2.39. The Morgan fingerprint density at radius 1 is 1.27 bits per heavy atom. The van der Waals surface area contributed by atoms with Gasteiger partial charge in [-0.3, -0.25) is 4.79 Å². The molecule has 0 aromatic heterocycles. The van der Waals surface area contributed by atoms with Crippen molar-refractivity contribution in [1.82, 2.24) is 5.32 Å². The van der Waals surface area contributed by atoms with E-state index in [1.54, 1.807) is 7.05 Å². The van der Waals surface area contributed by atoms with Gasteiger partial charge in [0.1, 0.15) is 0 Å². The topological polar surface area (TPSA) is 121 Å². The first-order valence-electron chi connectivity index (χ1n) is 2.07. The van der Waals surface area contributed by atoms with Crippen molar-refractivity contribution in [3.05, 3.63) is 0 Å². The summed E-state index contributed by atoms with van der Waals surface area (Å²) in [5.41, 5.74) is 0. The van der Waals surface area contributed by atoms with Gasteiger partial charge in [-0.2, -0.15) is 0 Å². The van der Waals surface area contributed by atoms with Gasteiger partial charge in [-0.05, 0) is 0 Å². The average Bonchev–Trinajstić information content (AvgIpc) is 1.61. The molecule has 0 aliphatic heterocycles. The van der Waals surface area contributed by atoms with Gasteiger partial charge in [0.2, 0.25) is 5.91 Å². The minimum atomic E-state index is -4.94. The van der Waals surface area contributed by atoms with Gasteiger partial charge in [-0.15, -0.1) is 10.2 Å². The molecule has 0 rings (SSSR count). The van der Waals surface area contributed by atoms with Gasteiger partial charge in [-0.25, -0.2) is 18.6 Å². The number of amides is 1. The van der Waals surface area contributed by atoms with E-state index in [-0.39, 0.29) is 24.8 Å². The second-order valence-corrected chi connectivity index (χ2v) is 1.94. The van der Waals surface area contributed by atoms with E-state index in [0.717, 1.165) is 0 Å². The molecule has 1 amide bonds. The maximum absolute atomic E-state index is 9.70. The van der Waals surface area contributed by atoms with Crippen molar-refractivity contribution in [3.8, 4) is 0 Å². The molecule has 0 heterocycles. The van der Waals surface area contributed by atoms with Crippen molar-refractivity contribution in [2.24, 2.45) is 0 Å². The van der Waals surface area contributed by atoms with Gasteiger partial charge in [0.05, 0.1) is 0 Å². The zero-order chi connectivity index (χ0) is 8.78. The van der Waals surface area contributed by atoms with Crippen molar-refractivity contribution < 1.29 is 52.5 Å². The van der Waals surface area contributed by atoms with E-state index >= 15 is 0 Å². The van der Waals surface area contributed by atoms with Crippen LogP contribution in [0.15, 0.2) is 0 Å². The molecular weight excluding hydrogens is 172 g/mol. The molecule has 11 heavy (non-hydrogen) atoms. The number of carbonyl (C=O) groups is 1. The molecule has 0 fully saturated rings. The van der Waals surface area contributed by atoms with E-state index in [1.165, 1.54) is 6.92 Å². The number of carbonyl (C=O) groups excluding carboxylic acids is 1. The maximum Gasteiger partial charge on any atom is 1.00 e. The second-order valence-electron chi connectivity index (χ2n) is 1.18. The summed E-state index contributed by atoms with van der Waals surface area (Å²) in [6.45, 7) is 1.47. The predicted molar refractivity (Wildman–Crippen MR) is 19.7 cm³/mol. The summed E-state index contributed by atoms with van der Waals surface area (Å²) in [5.74, 6) is 0.00463. The van der Waals surface area contributed by atoms with E-state index in [9.17, 15) is 4.79 Å². The number of hydrogen-bond acceptors (Lipinski definition) is 5. The van der Waals surface area contributed by atoms with Crippen molar-refractivity contribution in [2.45, 2.75) is 6.92 Å². The van der Waals surface area contributed by atoms with Crippen LogP contribution in [0.1, 0.15) is 6.92 Å². The standard InChI is InChI=1S/C3H7NO.ClHO4.Li/c1-3(5)4-2;2-1(3,4)5;/h1-2H3,(H,4,5);(H,2,3,4,5);/q;;+1/p-1. The Kier molecular flexibility index (Phi) is 13.1. The normalized spacial score (nSPS) is 8.55. The monoisotopic (exact) mass is 179 g/mol. The van der Waals surface area contributed by atoms with Crippen LogP contribution in [0.4, 0.5) is 0 Å². The van der Waals surface area contributed by atoms with E-state index in [0.29, 0.717) is 0 Å². The van der Waals surface area contributed by atoms with E-state index in [2.05, 4.69) is 5.32 Å². The molecule has 0 aliphatic carbocycles. The van der Waals surface area contributed by atoms with Gasteiger partial charge < -0.3 is 5.32 Å². The quantitative estimate of drug-likeness (QED) is 0.370. The van der Waals surface area contributed by atoms with Crippen LogP contribution >= 0.6 is 0 Å². The number of rotatable bonds is 0. The zero-order valence-corrected chi connectivity index (χ0v) is 7.18. The molecule has 0 spiro atoms. The Hall–Kier alpha value is 0.197. The molecule has 1 N–H and O–H groups in total. The Labute approximate surface area is 78.1 Å². The van der Waals surface area contributed by atoms with Gasteiger partial charge in [-0.1, -0.05) is 0 Å². The third kappa shape index (κ3) is 142. The van der Waals surface area contributed by atoms with Crippen LogP contribution in [0.25, 0.3) is 0 Å². The molecular formula is C3H7ClLiNO5. The fraction of sp³-hybridized carbons (Fsp3) is 0.667. The van der Waals surface area contributed by atoms with Crippen LogP contribution in [0.3, 0.4) is 0 Å². The molecule has 0 saturated heterocycles. The van der Waals surface area contributed by atoms with Gasteiger partial charge >= 0.3 is 18.9 Å². The molecule has 0 aromatic carbocycles. The Balaban J connectivity index is -0.000000107. The number of nitrogens with one attached hydrogen (secondary N) is 1. The maximum atomic E-state index is 9.70. The van der Waals surface area contributed by atoms with E-state index in [4.69, 9.17) is 18.6 Å². The van der Waals surface area contributed by atoms with Crippen molar-refractivity contribution >= 4 is 5.91 Å². The summed E-state index contributed by atoms with van der Waals surface area (Å²) in [4.78, 5) is 9.70. The SMILES string of the molecule is CNC(C)=O.[Li+].[O-][Cl+3]([O-])([O-])[O-]. The largest absolute Gasteiger partial charge is 1.00 e. The van der Waals surface area contributed by atoms with E-state index in [1.807, 2.05) is 0 Å². The van der Waals surface area contributed by atoms with Gasteiger partial charge in [0.15, 0.2) is 0 Å². The second kappa shape index (κ2) is 8.30. The van der Waals surface area contributed by atoms with Crippen molar-refractivity contribution in [2.75, 3.05) is 7.05 Å². The third-order valence-corrected chi connectivity index (χ3v) is 0.352. The number of halogens is 1. The molecule has 0 saturated carbocycles. The van der Waals surface area contributed by atoms with Crippen molar-refractivity contribution in [3.63, 3.8) is 0 Å². The first-order chi connectivity index (χ1) is 4.27. The number of hydrogen-bond donors (Lipinski definition) is 1. The molecule has 6 nitrogen and oxygen atoms in total. The minimum Gasteiger partial charge on any atom is -0.359 e. The van der Waals surface area contributed by atoms with Crippen LogP contribution in [-0.4, -0.2) is 13.0 Å². The van der Waals surface area contributed by atoms with Crippen LogP contribution < -0.4 is 42.8 Å². The van der Waals surface area contributed by atoms with Gasteiger partial charge in [0, 0.05) is 14.0 Å². The summed E-state index contributed by atoms with van der Waals surface area (Å²) < 4.78 is 34.0. The summed E-state index contributed by atoms with van der Waals surface area (Å²) in [7, 11) is -3.34. The summed E-state index contributed by atoms with van der Waals surface area (Å²) in [6, 6.07) is 0. The minimum absolute atomic E-state index is 0. The fourth-order valence-electron chi connectivity index (χ4n) is 0. The van der Waals surface area contributed by atoms with E-state index < -0.39 is 10.2 Å². The van der Waals surface area contributed by atoms with Crippen LogP contribution in [0.5, 0.6) is 0 Å².